The molecular weight excluding hydrogens is 672 g/mol. The van der Waals surface area contributed by atoms with Gasteiger partial charge in [-0.05, 0) is 142 Å². The lowest BCUT2D eigenvalue weighted by atomic mass is 9.81. The maximum absolute atomic E-state index is 13.9. The van der Waals surface area contributed by atoms with Gasteiger partial charge < -0.3 is 9.47 Å². The standard InChI is InChI=1S/C52H39FN2/c1-34-13-29-50-46(31-34)47-32-37(19-30-51(47)55(50)43-26-20-39(53)21-27-43)35-14-22-41(23-15-35)54(40-9-5-4-6-10-40)42-24-16-36(17-25-42)38-18-28-45-44-11-7-8-12-48(44)52(2,3)49(45)33-38/h4-33H,1-3H3. The normalized spacial score (nSPS) is 12.9. The Labute approximate surface area is 321 Å². The molecule has 55 heavy (non-hydrogen) atoms. The molecule has 0 atom stereocenters. The van der Waals surface area contributed by atoms with Crippen LogP contribution in [0.2, 0.25) is 0 Å². The van der Waals surface area contributed by atoms with Crippen LogP contribution in [-0.2, 0) is 5.41 Å². The molecular formula is C52H39FN2. The van der Waals surface area contributed by atoms with Gasteiger partial charge in [-0.15, -0.1) is 0 Å². The van der Waals surface area contributed by atoms with E-state index in [0.717, 1.165) is 44.9 Å². The summed E-state index contributed by atoms with van der Waals surface area (Å²) in [7, 11) is 0. The zero-order chi connectivity index (χ0) is 37.3. The molecule has 1 aliphatic rings. The second-order valence-corrected chi connectivity index (χ2v) is 15.3. The second kappa shape index (κ2) is 12.7. The average Bonchev–Trinajstić information content (AvgIpc) is 3.66. The molecule has 0 bridgehead atoms. The van der Waals surface area contributed by atoms with Gasteiger partial charge in [0.2, 0.25) is 0 Å². The van der Waals surface area contributed by atoms with E-state index in [9.17, 15) is 4.39 Å². The molecule has 10 rings (SSSR count). The number of fused-ring (bicyclic) bond motifs is 6. The van der Waals surface area contributed by atoms with Gasteiger partial charge in [0.1, 0.15) is 5.82 Å². The van der Waals surface area contributed by atoms with E-state index in [-0.39, 0.29) is 11.2 Å². The van der Waals surface area contributed by atoms with Crippen molar-refractivity contribution < 1.29 is 4.39 Å². The summed E-state index contributed by atoms with van der Waals surface area (Å²) in [6.07, 6.45) is 0. The average molecular weight is 711 g/mol. The number of anilines is 3. The Morgan fingerprint density at radius 2 is 0.982 bits per heavy atom. The Bertz CT molecular complexity index is 2880. The maximum Gasteiger partial charge on any atom is 0.123 e. The van der Waals surface area contributed by atoms with Gasteiger partial charge in [-0.3, -0.25) is 0 Å². The first-order valence-corrected chi connectivity index (χ1v) is 18.9. The Morgan fingerprint density at radius 3 is 1.67 bits per heavy atom. The number of rotatable bonds is 6. The number of benzene rings is 8. The Kier molecular flexibility index (Phi) is 7.60. The van der Waals surface area contributed by atoms with Gasteiger partial charge in [0.15, 0.2) is 0 Å². The molecule has 8 aromatic carbocycles. The molecule has 0 spiro atoms. The third-order valence-corrected chi connectivity index (χ3v) is 11.5. The molecule has 0 saturated heterocycles. The topological polar surface area (TPSA) is 8.17 Å². The van der Waals surface area contributed by atoms with Crippen LogP contribution in [0, 0.1) is 12.7 Å². The van der Waals surface area contributed by atoms with Gasteiger partial charge in [0.05, 0.1) is 11.0 Å². The van der Waals surface area contributed by atoms with E-state index in [1.54, 1.807) is 0 Å². The number of para-hydroxylation sites is 1. The molecule has 9 aromatic rings. The van der Waals surface area contributed by atoms with Crippen molar-refractivity contribution in [2.24, 2.45) is 0 Å². The quantitative estimate of drug-likeness (QED) is 0.167. The predicted molar refractivity (Wildman–Crippen MR) is 229 cm³/mol. The Morgan fingerprint density at radius 1 is 0.455 bits per heavy atom. The SMILES string of the molecule is Cc1ccc2c(c1)c1cc(-c3ccc(N(c4ccccc4)c4ccc(-c5ccc6c(c5)C(C)(C)c5ccccc5-6)cc4)cc3)ccc1n2-c1ccc(F)cc1. The lowest BCUT2D eigenvalue weighted by molar-refractivity contribution is 0.627. The number of hydrogen-bond acceptors (Lipinski definition) is 1. The summed E-state index contributed by atoms with van der Waals surface area (Å²) in [4.78, 5) is 2.32. The fourth-order valence-corrected chi connectivity index (χ4v) is 8.70. The molecule has 264 valence electrons. The van der Waals surface area contributed by atoms with Crippen molar-refractivity contribution in [3.8, 4) is 39.1 Å². The van der Waals surface area contributed by atoms with Gasteiger partial charge in [-0.1, -0.05) is 110 Å². The summed E-state index contributed by atoms with van der Waals surface area (Å²) in [5.41, 5.74) is 17.8. The smallest absolute Gasteiger partial charge is 0.123 e. The van der Waals surface area contributed by atoms with Gasteiger partial charge in [0.25, 0.3) is 0 Å². The van der Waals surface area contributed by atoms with Crippen LogP contribution >= 0.6 is 0 Å². The van der Waals surface area contributed by atoms with Crippen LogP contribution in [0.5, 0.6) is 0 Å². The van der Waals surface area contributed by atoms with Crippen LogP contribution in [-0.4, -0.2) is 4.57 Å². The van der Waals surface area contributed by atoms with Gasteiger partial charge in [0, 0.05) is 38.9 Å². The monoisotopic (exact) mass is 710 g/mol. The summed E-state index contributed by atoms with van der Waals surface area (Å²) in [5.74, 6) is -0.236. The minimum atomic E-state index is -0.236. The molecule has 1 aromatic heterocycles. The van der Waals surface area contributed by atoms with E-state index in [2.05, 4.69) is 188 Å². The Hall–Kier alpha value is -6.71. The van der Waals surface area contributed by atoms with Gasteiger partial charge in [-0.25, -0.2) is 4.39 Å². The van der Waals surface area contributed by atoms with E-state index in [1.165, 1.54) is 61.8 Å². The minimum Gasteiger partial charge on any atom is -0.311 e. The van der Waals surface area contributed by atoms with Gasteiger partial charge in [-0.2, -0.15) is 0 Å². The molecule has 0 radical (unpaired) electrons. The predicted octanol–water partition coefficient (Wildman–Crippen LogP) is 14.3. The van der Waals surface area contributed by atoms with Crippen LogP contribution in [0.15, 0.2) is 182 Å². The fourth-order valence-electron chi connectivity index (χ4n) is 8.70. The van der Waals surface area contributed by atoms with Crippen LogP contribution in [0.3, 0.4) is 0 Å². The number of hydrogen-bond donors (Lipinski definition) is 0. The third-order valence-electron chi connectivity index (χ3n) is 11.5. The lowest BCUT2D eigenvalue weighted by Gasteiger charge is -2.26. The molecule has 1 aliphatic carbocycles. The van der Waals surface area contributed by atoms with Crippen molar-refractivity contribution in [3.05, 3.63) is 204 Å². The highest BCUT2D eigenvalue weighted by atomic mass is 19.1. The third kappa shape index (κ3) is 5.46. The van der Waals surface area contributed by atoms with Crippen LogP contribution in [0.1, 0.15) is 30.5 Å². The lowest BCUT2D eigenvalue weighted by Crippen LogP contribution is -2.14. The highest BCUT2D eigenvalue weighted by Crippen LogP contribution is 2.49. The van der Waals surface area contributed by atoms with Crippen LogP contribution in [0.4, 0.5) is 21.5 Å². The first-order chi connectivity index (χ1) is 26.8. The summed E-state index contributed by atoms with van der Waals surface area (Å²) < 4.78 is 16.1. The first-order valence-electron chi connectivity index (χ1n) is 18.9. The summed E-state index contributed by atoms with van der Waals surface area (Å²) in [6.45, 7) is 6.80. The van der Waals surface area contributed by atoms with E-state index < -0.39 is 0 Å². The van der Waals surface area contributed by atoms with E-state index in [0.29, 0.717) is 0 Å². The van der Waals surface area contributed by atoms with Crippen molar-refractivity contribution in [3.63, 3.8) is 0 Å². The highest BCUT2D eigenvalue weighted by molar-refractivity contribution is 6.10. The largest absolute Gasteiger partial charge is 0.311 e. The summed E-state index contributed by atoms with van der Waals surface area (Å²) in [6, 6.07) is 64.1. The maximum atomic E-state index is 13.9. The van der Waals surface area contributed by atoms with Crippen molar-refractivity contribution in [1.82, 2.24) is 4.57 Å². The van der Waals surface area contributed by atoms with E-state index >= 15 is 0 Å². The second-order valence-electron chi connectivity index (χ2n) is 15.3. The molecule has 1 heterocycles. The zero-order valence-electron chi connectivity index (χ0n) is 31.1. The Balaban J connectivity index is 0.996. The van der Waals surface area contributed by atoms with Crippen LogP contribution < -0.4 is 4.90 Å². The molecule has 0 amide bonds. The summed E-state index contributed by atoms with van der Waals surface area (Å²) in [5, 5.41) is 2.36. The molecule has 3 heteroatoms. The molecule has 0 unspecified atom stereocenters. The van der Waals surface area contributed by atoms with Crippen molar-refractivity contribution in [1.29, 1.82) is 0 Å². The van der Waals surface area contributed by atoms with E-state index in [1.807, 2.05) is 12.1 Å². The van der Waals surface area contributed by atoms with Gasteiger partial charge >= 0.3 is 0 Å². The molecule has 0 aliphatic heterocycles. The number of nitrogens with zero attached hydrogens (tertiary/aromatic N) is 2. The minimum absolute atomic E-state index is 0.0359. The van der Waals surface area contributed by atoms with Crippen molar-refractivity contribution in [2.45, 2.75) is 26.2 Å². The molecule has 2 nitrogen and oxygen atoms in total. The highest BCUT2D eigenvalue weighted by Gasteiger charge is 2.35. The molecule has 0 saturated carbocycles. The number of halogens is 1. The summed E-state index contributed by atoms with van der Waals surface area (Å²) >= 11 is 0. The van der Waals surface area contributed by atoms with Crippen LogP contribution in [0.25, 0.3) is 60.9 Å². The first kappa shape index (κ1) is 32.9. The zero-order valence-corrected chi connectivity index (χ0v) is 31.1. The number of aromatic nitrogens is 1. The van der Waals surface area contributed by atoms with Crippen molar-refractivity contribution >= 4 is 38.9 Å². The number of aryl methyl sites for hydroxylation is 1. The van der Waals surface area contributed by atoms with E-state index in [4.69, 9.17) is 0 Å². The van der Waals surface area contributed by atoms with Crippen molar-refractivity contribution in [2.75, 3.05) is 4.90 Å². The molecule has 0 fully saturated rings. The fraction of sp³-hybridized carbons (Fsp3) is 0.0769. The molecule has 0 N–H and O–H groups in total.